The maximum absolute atomic E-state index is 10.5. The molecule has 1 unspecified atom stereocenters. The summed E-state index contributed by atoms with van der Waals surface area (Å²) in [6.07, 6.45) is 4.37. The first-order valence-electron chi connectivity index (χ1n) is 5.74. The Labute approximate surface area is 97.2 Å². The lowest BCUT2D eigenvalue weighted by molar-refractivity contribution is -0.0637. The summed E-state index contributed by atoms with van der Waals surface area (Å²) in [5, 5.41) is 14.7. The molecule has 0 saturated carbocycles. The highest BCUT2D eigenvalue weighted by Gasteiger charge is 2.31. The van der Waals surface area contributed by atoms with Gasteiger partial charge in [-0.3, -0.25) is 4.68 Å². The number of aryl methyl sites for hydroxylation is 1. The molecule has 0 bridgehead atoms. The Bertz CT molecular complexity index is 323. The molecule has 1 atom stereocenters. The third kappa shape index (κ3) is 3.06. The number of hydrogen-bond acceptors (Lipinski definition) is 3. The highest BCUT2D eigenvalue weighted by atomic mass is 16.5. The van der Waals surface area contributed by atoms with E-state index >= 15 is 0 Å². The summed E-state index contributed by atoms with van der Waals surface area (Å²) in [4.78, 5) is 0. The molecule has 1 aromatic heterocycles. The minimum absolute atomic E-state index is 0.150. The van der Waals surface area contributed by atoms with Crippen molar-refractivity contribution in [1.29, 1.82) is 0 Å². The fourth-order valence-corrected chi connectivity index (χ4v) is 1.70. The first-order valence-corrected chi connectivity index (χ1v) is 5.74. The van der Waals surface area contributed by atoms with E-state index in [1.807, 2.05) is 37.8 Å². The van der Waals surface area contributed by atoms with E-state index in [1.54, 1.807) is 7.11 Å². The minimum Gasteiger partial charge on any atom is -0.387 e. The molecule has 0 aliphatic rings. The van der Waals surface area contributed by atoms with Gasteiger partial charge in [-0.15, -0.1) is 0 Å². The van der Waals surface area contributed by atoms with Gasteiger partial charge in [0.15, 0.2) is 0 Å². The van der Waals surface area contributed by atoms with Crippen molar-refractivity contribution in [3.05, 3.63) is 18.0 Å². The molecule has 4 nitrogen and oxygen atoms in total. The topological polar surface area (TPSA) is 47.3 Å². The predicted octanol–water partition coefficient (Wildman–Crippen LogP) is 1.48. The van der Waals surface area contributed by atoms with Gasteiger partial charge in [-0.05, 0) is 18.4 Å². The maximum Gasteiger partial charge on any atom is 0.0943 e. The van der Waals surface area contributed by atoms with Crippen LogP contribution in [-0.2, 0) is 17.7 Å². The zero-order valence-electron chi connectivity index (χ0n) is 10.6. The molecular weight excluding hydrogens is 204 g/mol. The molecule has 0 aromatic carbocycles. The fraction of sp³-hybridized carbons (Fsp3) is 0.750. The lowest BCUT2D eigenvalue weighted by Crippen LogP contribution is -2.42. The van der Waals surface area contributed by atoms with Crippen LogP contribution in [0.4, 0.5) is 0 Å². The van der Waals surface area contributed by atoms with Gasteiger partial charge < -0.3 is 9.84 Å². The molecule has 0 amide bonds. The van der Waals surface area contributed by atoms with Crippen molar-refractivity contribution < 1.29 is 9.84 Å². The molecule has 1 N–H and O–H groups in total. The van der Waals surface area contributed by atoms with Crippen molar-refractivity contribution in [2.75, 3.05) is 13.7 Å². The van der Waals surface area contributed by atoms with Crippen molar-refractivity contribution >= 4 is 0 Å². The highest BCUT2D eigenvalue weighted by Crippen LogP contribution is 2.22. The predicted molar refractivity (Wildman–Crippen MR) is 63.3 cm³/mol. The molecule has 0 spiro atoms. The Hall–Kier alpha value is -0.870. The number of aromatic nitrogens is 2. The molecule has 0 radical (unpaired) electrons. The first-order chi connectivity index (χ1) is 7.51. The molecule has 1 rings (SSSR count). The summed E-state index contributed by atoms with van der Waals surface area (Å²) >= 11 is 0. The summed E-state index contributed by atoms with van der Waals surface area (Å²) in [6.45, 7) is 7.25. The number of methoxy groups -OCH3 is 1. The van der Waals surface area contributed by atoms with Gasteiger partial charge in [0, 0.05) is 26.3 Å². The number of hydrogen-bond donors (Lipinski definition) is 1. The molecule has 92 valence electrons. The zero-order chi connectivity index (χ0) is 12.2. The van der Waals surface area contributed by atoms with E-state index < -0.39 is 5.60 Å². The van der Waals surface area contributed by atoms with Gasteiger partial charge in [-0.2, -0.15) is 5.10 Å². The van der Waals surface area contributed by atoms with Crippen LogP contribution in [0.25, 0.3) is 0 Å². The second kappa shape index (κ2) is 5.46. The van der Waals surface area contributed by atoms with Crippen LogP contribution in [0, 0.1) is 5.92 Å². The largest absolute Gasteiger partial charge is 0.387 e. The number of rotatable bonds is 6. The molecule has 1 aromatic rings. The van der Waals surface area contributed by atoms with Crippen LogP contribution in [0.1, 0.15) is 26.3 Å². The summed E-state index contributed by atoms with van der Waals surface area (Å²) in [5.74, 6) is 0.150. The van der Waals surface area contributed by atoms with Crippen LogP contribution in [0.2, 0.25) is 0 Å². The van der Waals surface area contributed by atoms with Crippen molar-refractivity contribution in [1.82, 2.24) is 9.78 Å². The third-order valence-corrected chi connectivity index (χ3v) is 2.99. The van der Waals surface area contributed by atoms with Gasteiger partial charge >= 0.3 is 0 Å². The lowest BCUT2D eigenvalue weighted by atomic mass is 9.86. The number of ether oxygens (including phenoxy) is 1. The van der Waals surface area contributed by atoms with Gasteiger partial charge in [0.1, 0.15) is 0 Å². The molecule has 0 aliphatic carbocycles. The molecular formula is C12H22N2O2. The molecule has 1 heterocycles. The van der Waals surface area contributed by atoms with E-state index in [1.165, 1.54) is 0 Å². The van der Waals surface area contributed by atoms with Crippen molar-refractivity contribution in [3.8, 4) is 0 Å². The first kappa shape index (κ1) is 13.2. The second-order valence-corrected chi connectivity index (χ2v) is 4.57. The average Bonchev–Trinajstić information content (AvgIpc) is 2.65. The Morgan fingerprint density at radius 1 is 1.56 bits per heavy atom. The van der Waals surface area contributed by atoms with Gasteiger partial charge in [0.25, 0.3) is 0 Å². The van der Waals surface area contributed by atoms with E-state index in [9.17, 15) is 5.11 Å². The Balaban J connectivity index is 2.75. The second-order valence-electron chi connectivity index (χ2n) is 4.57. The van der Waals surface area contributed by atoms with Crippen LogP contribution in [-0.4, -0.2) is 34.2 Å². The molecule has 0 fully saturated rings. The Morgan fingerprint density at radius 3 is 2.69 bits per heavy atom. The standard InChI is InChI=1S/C12H22N2O2/c1-5-14-8-11(7-13-14)6-12(15,9-16-4)10(2)3/h7-8,10,15H,5-6,9H2,1-4H3. The summed E-state index contributed by atoms with van der Waals surface area (Å²) < 4.78 is 6.96. The SMILES string of the molecule is CCn1cc(CC(O)(COC)C(C)C)cn1. The molecule has 0 saturated heterocycles. The van der Waals surface area contributed by atoms with Crippen molar-refractivity contribution in [3.63, 3.8) is 0 Å². The zero-order valence-corrected chi connectivity index (χ0v) is 10.6. The van der Waals surface area contributed by atoms with Crippen LogP contribution in [0.15, 0.2) is 12.4 Å². The highest BCUT2D eigenvalue weighted by molar-refractivity contribution is 5.09. The van der Waals surface area contributed by atoms with Gasteiger partial charge in [-0.25, -0.2) is 0 Å². The number of aliphatic hydroxyl groups is 1. The smallest absolute Gasteiger partial charge is 0.0943 e. The van der Waals surface area contributed by atoms with Crippen molar-refractivity contribution in [2.45, 2.75) is 39.3 Å². The monoisotopic (exact) mass is 226 g/mol. The molecule has 4 heteroatoms. The quantitative estimate of drug-likeness (QED) is 0.799. The maximum atomic E-state index is 10.5. The fourth-order valence-electron chi connectivity index (χ4n) is 1.70. The average molecular weight is 226 g/mol. The summed E-state index contributed by atoms with van der Waals surface area (Å²) in [5.41, 5.74) is 0.242. The van der Waals surface area contributed by atoms with Crippen LogP contribution in [0.3, 0.4) is 0 Å². The van der Waals surface area contributed by atoms with Crippen molar-refractivity contribution in [2.24, 2.45) is 5.92 Å². The van der Waals surface area contributed by atoms with E-state index in [-0.39, 0.29) is 5.92 Å². The van der Waals surface area contributed by atoms with Crippen LogP contribution in [0.5, 0.6) is 0 Å². The minimum atomic E-state index is -0.809. The van der Waals surface area contributed by atoms with Gasteiger partial charge in [0.05, 0.1) is 18.4 Å². The Kier molecular flexibility index (Phi) is 4.50. The number of nitrogens with zero attached hydrogens (tertiary/aromatic N) is 2. The van der Waals surface area contributed by atoms with E-state index in [0.717, 1.165) is 12.1 Å². The van der Waals surface area contributed by atoms with Gasteiger partial charge in [-0.1, -0.05) is 13.8 Å². The summed E-state index contributed by atoms with van der Waals surface area (Å²) in [7, 11) is 1.61. The summed E-state index contributed by atoms with van der Waals surface area (Å²) in [6, 6.07) is 0. The normalized spacial score (nSPS) is 15.4. The van der Waals surface area contributed by atoms with Gasteiger partial charge in [0.2, 0.25) is 0 Å². The van der Waals surface area contributed by atoms with E-state index in [2.05, 4.69) is 5.10 Å². The Morgan fingerprint density at radius 2 is 2.25 bits per heavy atom. The van der Waals surface area contributed by atoms with Crippen LogP contribution < -0.4 is 0 Å². The molecule has 16 heavy (non-hydrogen) atoms. The molecule has 0 aliphatic heterocycles. The van der Waals surface area contributed by atoms with E-state index in [4.69, 9.17) is 4.74 Å². The lowest BCUT2D eigenvalue weighted by Gasteiger charge is -2.31. The van der Waals surface area contributed by atoms with E-state index in [0.29, 0.717) is 13.0 Å². The van der Waals surface area contributed by atoms with Crippen LogP contribution >= 0.6 is 0 Å². The third-order valence-electron chi connectivity index (χ3n) is 2.99.